The van der Waals surface area contributed by atoms with Crippen molar-refractivity contribution >= 4 is 58.8 Å². The lowest BCUT2D eigenvalue weighted by molar-refractivity contribution is 0.0985. The number of hydrogen-bond donors (Lipinski definition) is 0. The van der Waals surface area contributed by atoms with Gasteiger partial charge in [0.15, 0.2) is 5.65 Å². The van der Waals surface area contributed by atoms with Crippen LogP contribution in [0.2, 0.25) is 5.02 Å². The lowest BCUT2D eigenvalue weighted by Crippen LogP contribution is -2.44. The van der Waals surface area contributed by atoms with Crippen molar-refractivity contribution in [2.24, 2.45) is 0 Å². The minimum atomic E-state index is 0.279. The number of aromatic nitrogens is 3. The Morgan fingerprint density at radius 1 is 1.36 bits per heavy atom. The van der Waals surface area contributed by atoms with Crippen molar-refractivity contribution in [1.29, 1.82) is 0 Å². The third-order valence-corrected chi connectivity index (χ3v) is 6.28. The van der Waals surface area contributed by atoms with E-state index < -0.39 is 0 Å². The second-order valence-electron chi connectivity index (χ2n) is 5.95. The van der Waals surface area contributed by atoms with Crippen LogP contribution in [-0.4, -0.2) is 39.7 Å². The highest BCUT2D eigenvalue weighted by atomic mass is 127. The fourth-order valence-corrected chi connectivity index (χ4v) is 4.60. The van der Waals surface area contributed by atoms with Crippen LogP contribution in [-0.2, 0) is 4.74 Å². The minimum absolute atomic E-state index is 0.279. The number of rotatable bonds is 3. The number of pyridine rings is 2. The molecule has 1 atom stereocenters. The van der Waals surface area contributed by atoms with Gasteiger partial charge >= 0.3 is 0 Å². The number of hydrogen-bond acceptors (Lipinski definition) is 5. The van der Waals surface area contributed by atoms with E-state index in [1.54, 1.807) is 9.12 Å². The summed E-state index contributed by atoms with van der Waals surface area (Å²) in [5.74, 6) is 0.894. The summed E-state index contributed by atoms with van der Waals surface area (Å²) in [5.41, 5.74) is 2.84. The molecule has 4 heterocycles. The molecule has 1 saturated heterocycles. The van der Waals surface area contributed by atoms with Gasteiger partial charge < -0.3 is 9.64 Å². The van der Waals surface area contributed by atoms with Crippen LogP contribution in [0.25, 0.3) is 22.3 Å². The Balaban J connectivity index is 1.82. The molecule has 8 heteroatoms. The van der Waals surface area contributed by atoms with Gasteiger partial charge in [-0.3, -0.25) is 3.97 Å². The van der Waals surface area contributed by atoms with E-state index >= 15 is 0 Å². The van der Waals surface area contributed by atoms with Gasteiger partial charge in [0.1, 0.15) is 5.82 Å². The molecule has 0 amide bonds. The predicted molar refractivity (Wildman–Crippen MR) is 113 cm³/mol. The molecule has 0 bridgehead atoms. The Kier molecular flexibility index (Phi) is 5.08. The number of anilines is 1. The minimum Gasteiger partial charge on any atom is -0.377 e. The van der Waals surface area contributed by atoms with Crippen LogP contribution in [0.4, 0.5) is 5.82 Å². The highest BCUT2D eigenvalue weighted by Gasteiger charge is 2.21. The summed E-state index contributed by atoms with van der Waals surface area (Å²) in [6.45, 7) is 4.38. The van der Waals surface area contributed by atoms with E-state index in [0.29, 0.717) is 18.2 Å². The average molecular weight is 487 g/mol. The van der Waals surface area contributed by atoms with E-state index in [4.69, 9.17) is 21.3 Å². The third-order valence-electron chi connectivity index (χ3n) is 4.34. The molecule has 3 aromatic rings. The summed E-state index contributed by atoms with van der Waals surface area (Å²) in [7, 11) is 1.59. The second kappa shape index (κ2) is 7.30. The van der Waals surface area contributed by atoms with Crippen molar-refractivity contribution in [3.63, 3.8) is 0 Å². The Morgan fingerprint density at radius 2 is 2.24 bits per heavy atom. The van der Waals surface area contributed by atoms with Gasteiger partial charge in [0.05, 0.1) is 24.9 Å². The van der Waals surface area contributed by atoms with Crippen LogP contribution >= 0.6 is 41.9 Å². The molecule has 1 aliphatic rings. The maximum Gasteiger partial charge on any atom is 0.151 e. The summed E-state index contributed by atoms with van der Waals surface area (Å²) in [4.78, 5) is 11.7. The molecule has 1 unspecified atom stereocenters. The lowest BCUT2D eigenvalue weighted by Gasteiger charge is -2.34. The smallest absolute Gasteiger partial charge is 0.151 e. The summed E-state index contributed by atoms with van der Waals surface area (Å²) in [5, 5.41) is 1.76. The zero-order chi connectivity index (χ0) is 17.4. The van der Waals surface area contributed by atoms with E-state index in [1.807, 2.05) is 34.6 Å². The topological polar surface area (TPSA) is 43.2 Å². The summed E-state index contributed by atoms with van der Waals surface area (Å²) < 4.78 is 7.57. The normalized spacial score (nSPS) is 18.0. The molecule has 0 spiro atoms. The molecule has 130 valence electrons. The molecule has 5 nitrogen and oxygen atoms in total. The number of morpholine rings is 1. The average Bonchev–Trinajstić information content (AvgIpc) is 3.04. The van der Waals surface area contributed by atoms with E-state index in [2.05, 4.69) is 44.1 Å². The van der Waals surface area contributed by atoms with Crippen LogP contribution in [0.3, 0.4) is 0 Å². The monoisotopic (exact) mass is 486 g/mol. The maximum absolute atomic E-state index is 6.43. The molecule has 4 rings (SSSR count). The van der Waals surface area contributed by atoms with Crippen LogP contribution in [0.15, 0.2) is 36.7 Å². The van der Waals surface area contributed by atoms with Gasteiger partial charge in [0, 0.05) is 65.2 Å². The molecule has 3 aromatic heterocycles. The molecule has 0 saturated carbocycles. The highest BCUT2D eigenvalue weighted by Crippen LogP contribution is 2.33. The zero-order valence-corrected chi connectivity index (χ0v) is 17.3. The molecule has 0 radical (unpaired) electrons. The van der Waals surface area contributed by atoms with Crippen molar-refractivity contribution in [3.05, 3.63) is 41.7 Å². The fraction of sp³-hybridized carbons (Fsp3) is 0.294. The quantitative estimate of drug-likeness (QED) is 0.497. The van der Waals surface area contributed by atoms with Gasteiger partial charge in [-0.25, -0.2) is 9.97 Å². The summed E-state index contributed by atoms with van der Waals surface area (Å²) >= 11 is 8.68. The van der Waals surface area contributed by atoms with E-state index in [1.165, 1.54) is 0 Å². The first-order valence-corrected chi connectivity index (χ1v) is 11.6. The van der Waals surface area contributed by atoms with Gasteiger partial charge in [-0.05, 0) is 31.2 Å². The van der Waals surface area contributed by atoms with Crippen molar-refractivity contribution in [3.8, 4) is 11.3 Å². The largest absolute Gasteiger partial charge is 0.377 e. The first-order chi connectivity index (χ1) is 12.2. The predicted octanol–water partition coefficient (Wildman–Crippen LogP) is 4.82. The number of ether oxygens (including phenoxy) is 1. The van der Waals surface area contributed by atoms with Crippen LogP contribution in [0.5, 0.6) is 0 Å². The van der Waals surface area contributed by atoms with Gasteiger partial charge in [-0.15, -0.1) is 0 Å². The van der Waals surface area contributed by atoms with Gasteiger partial charge in [0.2, 0.25) is 0 Å². The molecule has 1 aliphatic heterocycles. The zero-order valence-electron chi connectivity index (χ0n) is 13.5. The number of fused-ring (bicyclic) bond motifs is 1. The number of nitrogens with zero attached hydrogens (tertiary/aromatic N) is 4. The van der Waals surface area contributed by atoms with E-state index in [9.17, 15) is 0 Å². The molecule has 25 heavy (non-hydrogen) atoms. The first-order valence-electron chi connectivity index (χ1n) is 7.95. The Morgan fingerprint density at radius 3 is 3.04 bits per heavy atom. The van der Waals surface area contributed by atoms with E-state index in [-0.39, 0.29) is 6.04 Å². The number of halogens is 2. The Bertz CT molecular complexity index is 919. The second-order valence-corrected chi connectivity index (χ2v) is 8.10. The maximum atomic E-state index is 6.43. The van der Waals surface area contributed by atoms with Crippen molar-refractivity contribution in [2.75, 3.05) is 24.7 Å². The Labute approximate surface area is 167 Å². The van der Waals surface area contributed by atoms with Crippen molar-refractivity contribution < 1.29 is 4.74 Å². The molecule has 0 aliphatic carbocycles. The lowest BCUT2D eigenvalue weighted by atomic mass is 10.1. The van der Waals surface area contributed by atoms with Gasteiger partial charge in [0.25, 0.3) is 0 Å². The third kappa shape index (κ3) is 3.34. The SMILES string of the molecule is CC1COCCN1c1cc(Cl)cc(-c2ccnc3c2ccn3SI)n1. The molecular weight excluding hydrogens is 471 g/mol. The molecule has 1 fully saturated rings. The van der Waals surface area contributed by atoms with Gasteiger partial charge in [-0.2, -0.15) is 0 Å². The van der Waals surface area contributed by atoms with Crippen molar-refractivity contribution in [1.82, 2.24) is 13.9 Å². The molecule has 0 N–H and O–H groups in total. The highest BCUT2D eigenvalue weighted by molar-refractivity contribution is 14.2. The summed E-state index contributed by atoms with van der Waals surface area (Å²) in [6, 6.07) is 8.19. The first kappa shape index (κ1) is 17.4. The van der Waals surface area contributed by atoms with Gasteiger partial charge in [-0.1, -0.05) is 11.6 Å². The Hall–Kier alpha value is -1.03. The van der Waals surface area contributed by atoms with Crippen LogP contribution in [0, 0.1) is 0 Å². The summed E-state index contributed by atoms with van der Waals surface area (Å²) in [6.07, 6.45) is 3.84. The fourth-order valence-electron chi connectivity index (χ4n) is 3.13. The molecule has 0 aromatic carbocycles. The van der Waals surface area contributed by atoms with E-state index in [0.717, 1.165) is 34.7 Å². The van der Waals surface area contributed by atoms with Crippen molar-refractivity contribution in [2.45, 2.75) is 13.0 Å². The molecular formula is C17H16ClIN4OS. The van der Waals surface area contributed by atoms with Crippen LogP contribution in [0.1, 0.15) is 6.92 Å². The van der Waals surface area contributed by atoms with Crippen LogP contribution < -0.4 is 4.90 Å². The standard InChI is InChI=1S/C17H16ClIN4OS/c1-11-10-24-7-6-22(11)16-9-12(18)8-15(21-16)13-2-4-20-17-14(13)3-5-23(17)25-19/h2-5,8-9,11H,6-7,10H2,1H3.